The van der Waals surface area contributed by atoms with Crippen molar-refractivity contribution in [3.8, 4) is 0 Å². The SMILES string of the molecule is Cc1ccc(Nc2cnnc(Nc3ccccc3C(F)(F)F)n2)cc1. The van der Waals surface area contributed by atoms with Gasteiger partial charge < -0.3 is 10.6 Å². The number of para-hydroxylation sites is 1. The lowest BCUT2D eigenvalue weighted by molar-refractivity contribution is -0.136. The minimum absolute atomic E-state index is 0.0335. The first-order valence-electron chi connectivity index (χ1n) is 7.38. The Kier molecular flexibility index (Phi) is 4.51. The van der Waals surface area contributed by atoms with Gasteiger partial charge >= 0.3 is 6.18 Å². The van der Waals surface area contributed by atoms with Gasteiger partial charge in [0.15, 0.2) is 5.82 Å². The van der Waals surface area contributed by atoms with Gasteiger partial charge in [0, 0.05) is 5.69 Å². The minimum atomic E-state index is -4.48. The lowest BCUT2D eigenvalue weighted by Crippen LogP contribution is -2.10. The van der Waals surface area contributed by atoms with Crippen LogP contribution in [0.1, 0.15) is 11.1 Å². The van der Waals surface area contributed by atoms with Crippen LogP contribution in [0, 0.1) is 6.92 Å². The molecule has 0 fully saturated rings. The van der Waals surface area contributed by atoms with E-state index in [9.17, 15) is 13.2 Å². The summed E-state index contributed by atoms with van der Waals surface area (Å²) in [5, 5.41) is 13.1. The molecule has 1 heterocycles. The second-order valence-electron chi connectivity index (χ2n) is 5.32. The highest BCUT2D eigenvalue weighted by Gasteiger charge is 2.33. The number of nitrogens with one attached hydrogen (secondary N) is 2. The lowest BCUT2D eigenvalue weighted by Gasteiger charge is -2.13. The van der Waals surface area contributed by atoms with Gasteiger partial charge in [0.25, 0.3) is 0 Å². The number of benzene rings is 2. The molecule has 3 rings (SSSR count). The Labute approximate surface area is 141 Å². The zero-order valence-corrected chi connectivity index (χ0v) is 13.2. The summed E-state index contributed by atoms with van der Waals surface area (Å²) in [6.07, 6.45) is -3.09. The van der Waals surface area contributed by atoms with Gasteiger partial charge in [-0.25, -0.2) is 0 Å². The molecule has 0 radical (unpaired) electrons. The lowest BCUT2D eigenvalue weighted by atomic mass is 10.1. The standard InChI is InChI=1S/C17H14F3N5/c1-11-6-8-12(9-7-11)22-15-10-21-25-16(24-15)23-14-5-3-2-4-13(14)17(18,19)20/h2-10H,1H3,(H2,22,23,24,25). The predicted molar refractivity (Wildman–Crippen MR) is 89.0 cm³/mol. The number of anilines is 4. The van der Waals surface area contributed by atoms with Gasteiger partial charge in [-0.3, -0.25) is 0 Å². The largest absolute Gasteiger partial charge is 0.418 e. The van der Waals surface area contributed by atoms with E-state index in [1.165, 1.54) is 24.4 Å². The van der Waals surface area contributed by atoms with Crippen LogP contribution in [0.5, 0.6) is 0 Å². The number of aromatic nitrogens is 3. The molecule has 1 aromatic heterocycles. The molecule has 0 spiro atoms. The third kappa shape index (κ3) is 4.23. The molecule has 0 aliphatic heterocycles. The molecule has 25 heavy (non-hydrogen) atoms. The van der Waals surface area contributed by atoms with Gasteiger partial charge in [0.1, 0.15) is 0 Å². The number of alkyl halides is 3. The number of halogens is 3. The zero-order valence-electron chi connectivity index (χ0n) is 13.2. The van der Waals surface area contributed by atoms with Crippen LogP contribution in [0.3, 0.4) is 0 Å². The number of rotatable bonds is 4. The zero-order chi connectivity index (χ0) is 17.9. The average Bonchev–Trinajstić information content (AvgIpc) is 2.57. The molecule has 0 amide bonds. The maximum atomic E-state index is 13.0. The van der Waals surface area contributed by atoms with Crippen molar-refractivity contribution in [3.63, 3.8) is 0 Å². The van der Waals surface area contributed by atoms with Gasteiger partial charge in [-0.1, -0.05) is 29.8 Å². The Morgan fingerprint density at radius 2 is 1.64 bits per heavy atom. The van der Waals surface area contributed by atoms with Crippen LogP contribution >= 0.6 is 0 Å². The molecule has 2 aromatic carbocycles. The Morgan fingerprint density at radius 3 is 2.36 bits per heavy atom. The predicted octanol–water partition coefficient (Wildman–Crippen LogP) is 4.69. The monoisotopic (exact) mass is 345 g/mol. The fourth-order valence-corrected chi connectivity index (χ4v) is 2.16. The highest BCUT2D eigenvalue weighted by molar-refractivity contribution is 5.61. The van der Waals surface area contributed by atoms with Gasteiger partial charge in [-0.15, -0.1) is 5.10 Å². The Morgan fingerprint density at radius 1 is 0.920 bits per heavy atom. The molecule has 5 nitrogen and oxygen atoms in total. The molecule has 2 N–H and O–H groups in total. The van der Waals surface area contributed by atoms with Crippen LogP contribution in [0.2, 0.25) is 0 Å². The first-order valence-corrected chi connectivity index (χ1v) is 7.38. The van der Waals surface area contributed by atoms with E-state index in [2.05, 4.69) is 25.8 Å². The first kappa shape index (κ1) is 16.7. The van der Waals surface area contributed by atoms with Crippen LogP contribution in [-0.2, 0) is 6.18 Å². The summed E-state index contributed by atoms with van der Waals surface area (Å²) in [5.74, 6) is 0.333. The van der Waals surface area contributed by atoms with Crippen LogP contribution in [0.4, 0.5) is 36.3 Å². The molecular weight excluding hydrogens is 331 g/mol. The smallest absolute Gasteiger partial charge is 0.339 e. The highest BCUT2D eigenvalue weighted by atomic mass is 19.4. The number of nitrogens with zero attached hydrogens (tertiary/aromatic N) is 3. The molecule has 0 unspecified atom stereocenters. The summed E-state index contributed by atoms with van der Waals surface area (Å²) in [4.78, 5) is 4.15. The van der Waals surface area contributed by atoms with E-state index in [0.717, 1.165) is 17.3 Å². The fourth-order valence-electron chi connectivity index (χ4n) is 2.16. The quantitative estimate of drug-likeness (QED) is 0.718. The number of aryl methyl sites for hydroxylation is 1. The average molecular weight is 345 g/mol. The van der Waals surface area contributed by atoms with E-state index in [0.29, 0.717) is 5.82 Å². The van der Waals surface area contributed by atoms with Crippen LogP contribution in [-0.4, -0.2) is 15.2 Å². The highest BCUT2D eigenvalue weighted by Crippen LogP contribution is 2.35. The van der Waals surface area contributed by atoms with Crippen LogP contribution < -0.4 is 10.6 Å². The van der Waals surface area contributed by atoms with Crippen molar-refractivity contribution in [2.45, 2.75) is 13.1 Å². The fraction of sp³-hybridized carbons (Fsp3) is 0.118. The van der Waals surface area contributed by atoms with Crippen molar-refractivity contribution in [3.05, 3.63) is 65.9 Å². The Bertz CT molecular complexity index is 863. The van der Waals surface area contributed by atoms with Crippen LogP contribution in [0.15, 0.2) is 54.7 Å². The maximum absolute atomic E-state index is 13.0. The van der Waals surface area contributed by atoms with Crippen molar-refractivity contribution < 1.29 is 13.2 Å². The summed E-state index contributed by atoms with van der Waals surface area (Å²) in [7, 11) is 0. The molecule has 0 saturated carbocycles. The summed E-state index contributed by atoms with van der Waals surface area (Å²) < 4.78 is 39.1. The second-order valence-corrected chi connectivity index (χ2v) is 5.32. The molecular formula is C17H14F3N5. The summed E-state index contributed by atoms with van der Waals surface area (Å²) >= 11 is 0. The number of hydrogen-bond acceptors (Lipinski definition) is 5. The molecule has 0 aliphatic carbocycles. The minimum Gasteiger partial charge on any atom is -0.339 e. The van der Waals surface area contributed by atoms with Gasteiger partial charge in [-0.2, -0.15) is 23.3 Å². The van der Waals surface area contributed by atoms with Crippen LogP contribution in [0.25, 0.3) is 0 Å². The molecule has 3 aromatic rings. The van der Waals surface area contributed by atoms with Crippen molar-refractivity contribution in [1.29, 1.82) is 0 Å². The second kappa shape index (κ2) is 6.76. The third-order valence-electron chi connectivity index (χ3n) is 3.36. The Hall–Kier alpha value is -3.16. The van der Waals surface area contributed by atoms with Gasteiger partial charge in [-0.05, 0) is 31.2 Å². The van der Waals surface area contributed by atoms with E-state index < -0.39 is 11.7 Å². The first-order chi connectivity index (χ1) is 11.9. The molecule has 0 saturated heterocycles. The molecule has 0 atom stereocenters. The van der Waals surface area contributed by atoms with E-state index >= 15 is 0 Å². The van der Waals surface area contributed by atoms with Gasteiger partial charge in [0.2, 0.25) is 5.95 Å². The maximum Gasteiger partial charge on any atom is 0.418 e. The Balaban J connectivity index is 1.82. The van der Waals surface area contributed by atoms with E-state index in [1.54, 1.807) is 0 Å². The normalized spacial score (nSPS) is 11.2. The van der Waals surface area contributed by atoms with Gasteiger partial charge in [0.05, 0.1) is 17.4 Å². The van der Waals surface area contributed by atoms with Crippen molar-refractivity contribution in [2.75, 3.05) is 10.6 Å². The van der Waals surface area contributed by atoms with Crippen molar-refractivity contribution in [1.82, 2.24) is 15.2 Å². The number of hydrogen-bond donors (Lipinski definition) is 2. The topological polar surface area (TPSA) is 62.7 Å². The summed E-state index contributed by atoms with van der Waals surface area (Å²) in [6, 6.07) is 12.7. The molecule has 0 aliphatic rings. The molecule has 128 valence electrons. The van der Waals surface area contributed by atoms with E-state index in [1.807, 2.05) is 31.2 Å². The third-order valence-corrected chi connectivity index (χ3v) is 3.36. The van der Waals surface area contributed by atoms with Crippen molar-refractivity contribution in [2.24, 2.45) is 0 Å². The van der Waals surface area contributed by atoms with Crippen molar-refractivity contribution >= 4 is 23.1 Å². The van der Waals surface area contributed by atoms with E-state index in [-0.39, 0.29) is 11.6 Å². The molecule has 0 bridgehead atoms. The summed E-state index contributed by atoms with van der Waals surface area (Å²) in [5.41, 5.74) is 0.963. The summed E-state index contributed by atoms with van der Waals surface area (Å²) in [6.45, 7) is 1.97. The van der Waals surface area contributed by atoms with E-state index in [4.69, 9.17) is 0 Å². The molecule has 8 heteroatoms.